The fourth-order valence-corrected chi connectivity index (χ4v) is 4.19. The summed E-state index contributed by atoms with van der Waals surface area (Å²) < 4.78 is 19.7. The summed E-state index contributed by atoms with van der Waals surface area (Å²) in [4.78, 5) is 27.5. The molecule has 4 aromatic rings. The predicted molar refractivity (Wildman–Crippen MR) is 142 cm³/mol. The molecule has 1 aliphatic heterocycles. The second-order valence-corrected chi connectivity index (χ2v) is 8.71. The largest absolute Gasteiger partial charge is 0.449 e. The van der Waals surface area contributed by atoms with E-state index < -0.39 is 0 Å². The number of hydrogen-bond donors (Lipinski definition) is 1. The number of hydrogen-bond acceptors (Lipinski definition) is 3. The van der Waals surface area contributed by atoms with Crippen LogP contribution in [0.1, 0.15) is 27.0 Å². The average Bonchev–Trinajstić information content (AvgIpc) is 2.92. The Morgan fingerprint density at radius 2 is 1.59 bits per heavy atom. The van der Waals surface area contributed by atoms with E-state index in [-0.39, 0.29) is 29.9 Å². The monoisotopic (exact) mass is 492 g/mol. The van der Waals surface area contributed by atoms with Crippen LogP contribution in [0.15, 0.2) is 109 Å². The Labute approximate surface area is 214 Å². The van der Waals surface area contributed by atoms with Crippen LogP contribution in [0.5, 0.6) is 5.75 Å². The van der Waals surface area contributed by atoms with E-state index in [4.69, 9.17) is 4.74 Å². The minimum atomic E-state index is -0.355. The topological polar surface area (TPSA) is 58.6 Å². The first-order valence-electron chi connectivity index (χ1n) is 12.0. The van der Waals surface area contributed by atoms with Gasteiger partial charge in [-0.2, -0.15) is 0 Å². The molecule has 0 spiro atoms. The number of halogens is 1. The van der Waals surface area contributed by atoms with Crippen molar-refractivity contribution in [3.8, 4) is 5.75 Å². The van der Waals surface area contributed by atoms with E-state index in [0.29, 0.717) is 34.7 Å². The molecule has 0 aromatic heterocycles. The maximum atomic E-state index is 13.7. The van der Waals surface area contributed by atoms with Crippen LogP contribution < -0.4 is 15.0 Å². The van der Waals surface area contributed by atoms with E-state index >= 15 is 0 Å². The lowest BCUT2D eigenvalue weighted by Gasteiger charge is -2.30. The molecule has 4 aromatic carbocycles. The second-order valence-electron chi connectivity index (χ2n) is 8.71. The zero-order valence-electron chi connectivity index (χ0n) is 20.1. The summed E-state index contributed by atoms with van der Waals surface area (Å²) >= 11 is 0. The molecule has 6 heteroatoms. The number of anilines is 1. The minimum absolute atomic E-state index is 0.148. The molecular weight excluding hydrogens is 467 g/mol. The molecule has 0 unspecified atom stereocenters. The van der Waals surface area contributed by atoms with E-state index in [1.54, 1.807) is 59.5 Å². The van der Waals surface area contributed by atoms with E-state index in [2.05, 4.69) is 5.32 Å². The van der Waals surface area contributed by atoms with E-state index in [9.17, 15) is 14.0 Å². The maximum absolute atomic E-state index is 13.7. The fourth-order valence-electron chi connectivity index (χ4n) is 4.19. The molecule has 0 saturated heterocycles. The van der Waals surface area contributed by atoms with Gasteiger partial charge in [0.1, 0.15) is 5.82 Å². The molecule has 0 fully saturated rings. The van der Waals surface area contributed by atoms with Gasteiger partial charge in [-0.3, -0.25) is 14.5 Å². The van der Waals surface area contributed by atoms with Crippen LogP contribution in [0.2, 0.25) is 0 Å². The predicted octanol–water partition coefficient (Wildman–Crippen LogP) is 5.76. The molecule has 184 valence electrons. The van der Waals surface area contributed by atoms with Crippen molar-refractivity contribution in [1.82, 2.24) is 5.32 Å². The summed E-state index contributed by atoms with van der Waals surface area (Å²) in [6.45, 7) is 0.744. The van der Waals surface area contributed by atoms with Gasteiger partial charge < -0.3 is 10.1 Å². The van der Waals surface area contributed by atoms with Crippen molar-refractivity contribution in [2.24, 2.45) is 0 Å². The molecule has 0 radical (unpaired) electrons. The molecule has 0 aliphatic carbocycles. The summed E-state index contributed by atoms with van der Waals surface area (Å²) in [7, 11) is 0. The van der Waals surface area contributed by atoms with Crippen LogP contribution >= 0.6 is 0 Å². The molecular formula is C31H25FN2O3. The summed E-state index contributed by atoms with van der Waals surface area (Å²) in [5.74, 6) is -0.151. The van der Waals surface area contributed by atoms with Crippen molar-refractivity contribution < 1.29 is 18.7 Å². The van der Waals surface area contributed by atoms with E-state index in [1.165, 1.54) is 12.1 Å². The standard InChI is InChI=1S/C31H25FN2O3/c32-26-10-6-9-24(19-26)21-34-27-11-4-5-12-28(27)37-29(31(34)36)20-23-13-15-25(16-14-23)30(35)33-18-17-22-7-2-1-3-8-22/h1-16,19-20H,17-18,21H2,(H,33,35). The van der Waals surface area contributed by atoms with Gasteiger partial charge in [0.15, 0.2) is 11.5 Å². The molecule has 5 nitrogen and oxygen atoms in total. The number of para-hydroxylation sites is 2. The van der Waals surface area contributed by atoms with Gasteiger partial charge >= 0.3 is 0 Å². The van der Waals surface area contributed by atoms with E-state index in [1.807, 2.05) is 42.5 Å². The SMILES string of the molecule is O=C(NCCc1ccccc1)c1ccc(C=C2Oc3ccccc3N(Cc3cccc(F)c3)C2=O)cc1. The third-order valence-corrected chi connectivity index (χ3v) is 6.07. The first-order chi connectivity index (χ1) is 18.1. The number of carbonyl (C=O) groups is 2. The highest BCUT2D eigenvalue weighted by molar-refractivity contribution is 6.09. The van der Waals surface area contributed by atoms with Crippen molar-refractivity contribution in [3.63, 3.8) is 0 Å². The number of ether oxygens (including phenoxy) is 1. The Bertz CT molecular complexity index is 1450. The van der Waals surface area contributed by atoms with Gasteiger partial charge in [0.25, 0.3) is 11.8 Å². The van der Waals surface area contributed by atoms with Gasteiger partial charge in [-0.1, -0.05) is 66.7 Å². The van der Waals surface area contributed by atoms with Gasteiger partial charge in [0, 0.05) is 12.1 Å². The number of nitrogens with one attached hydrogen (secondary N) is 1. The third-order valence-electron chi connectivity index (χ3n) is 6.07. The zero-order chi connectivity index (χ0) is 25.6. The summed E-state index contributed by atoms with van der Waals surface area (Å²) in [5.41, 5.74) is 3.71. The van der Waals surface area contributed by atoms with Crippen LogP contribution in [0.25, 0.3) is 6.08 Å². The molecule has 37 heavy (non-hydrogen) atoms. The number of amides is 2. The Hall–Kier alpha value is -4.71. The smallest absolute Gasteiger partial charge is 0.294 e. The molecule has 0 bridgehead atoms. The number of nitrogens with zero attached hydrogens (tertiary/aromatic N) is 1. The first kappa shape index (κ1) is 24.0. The summed E-state index contributed by atoms with van der Waals surface area (Å²) in [5, 5.41) is 2.93. The van der Waals surface area contributed by atoms with Crippen LogP contribution in [-0.2, 0) is 17.8 Å². The highest BCUT2D eigenvalue weighted by Gasteiger charge is 2.30. The molecule has 1 aliphatic rings. The van der Waals surface area contributed by atoms with Crippen LogP contribution in [0, 0.1) is 5.82 Å². The Morgan fingerprint density at radius 3 is 2.38 bits per heavy atom. The first-order valence-corrected chi connectivity index (χ1v) is 12.0. The summed E-state index contributed by atoms with van der Waals surface area (Å²) in [6, 6.07) is 30.4. The number of rotatable bonds is 7. The van der Waals surface area contributed by atoms with Crippen LogP contribution in [0.4, 0.5) is 10.1 Å². The number of carbonyl (C=O) groups excluding carboxylic acids is 2. The zero-order valence-corrected chi connectivity index (χ0v) is 20.1. The number of fused-ring (bicyclic) bond motifs is 1. The van der Waals surface area contributed by atoms with Crippen molar-refractivity contribution in [1.29, 1.82) is 0 Å². The second kappa shape index (κ2) is 10.9. The van der Waals surface area contributed by atoms with Gasteiger partial charge in [-0.05, 0) is 65.6 Å². The lowest BCUT2D eigenvalue weighted by atomic mass is 10.1. The van der Waals surface area contributed by atoms with Gasteiger partial charge in [0.2, 0.25) is 0 Å². The quantitative estimate of drug-likeness (QED) is 0.334. The summed E-state index contributed by atoms with van der Waals surface area (Å²) in [6.07, 6.45) is 2.40. The highest BCUT2D eigenvalue weighted by atomic mass is 19.1. The van der Waals surface area contributed by atoms with Gasteiger partial charge in [-0.25, -0.2) is 4.39 Å². The van der Waals surface area contributed by atoms with Crippen molar-refractivity contribution in [3.05, 3.63) is 137 Å². The van der Waals surface area contributed by atoms with Crippen LogP contribution in [-0.4, -0.2) is 18.4 Å². The van der Waals surface area contributed by atoms with Gasteiger partial charge in [0.05, 0.1) is 12.2 Å². The van der Waals surface area contributed by atoms with Crippen molar-refractivity contribution in [2.45, 2.75) is 13.0 Å². The molecule has 0 saturated carbocycles. The molecule has 5 rings (SSSR count). The van der Waals surface area contributed by atoms with Crippen molar-refractivity contribution in [2.75, 3.05) is 11.4 Å². The van der Waals surface area contributed by atoms with Crippen molar-refractivity contribution >= 4 is 23.6 Å². The van der Waals surface area contributed by atoms with Gasteiger partial charge in [-0.15, -0.1) is 0 Å². The highest BCUT2D eigenvalue weighted by Crippen LogP contribution is 2.36. The Balaban J connectivity index is 1.30. The fraction of sp³-hybridized carbons (Fsp3) is 0.0968. The molecule has 1 heterocycles. The lowest BCUT2D eigenvalue weighted by molar-refractivity contribution is -0.117. The Morgan fingerprint density at radius 1 is 0.865 bits per heavy atom. The molecule has 1 N–H and O–H groups in total. The lowest BCUT2D eigenvalue weighted by Crippen LogP contribution is -2.36. The normalized spacial score (nSPS) is 13.7. The van der Waals surface area contributed by atoms with E-state index in [0.717, 1.165) is 12.0 Å². The maximum Gasteiger partial charge on any atom is 0.294 e. The Kier molecular flexibility index (Phi) is 7.08. The average molecular weight is 493 g/mol. The van der Waals surface area contributed by atoms with Crippen LogP contribution in [0.3, 0.4) is 0 Å². The third kappa shape index (κ3) is 5.76. The molecule has 2 amide bonds. The minimum Gasteiger partial charge on any atom is -0.449 e. The molecule has 0 atom stereocenters. The number of benzene rings is 4.